The number of unbranched alkanes of at least 4 members (excludes halogenated alkanes) is 2. The molecule has 0 unspecified atom stereocenters. The van der Waals surface area contributed by atoms with E-state index in [0.29, 0.717) is 6.54 Å². The van der Waals surface area contributed by atoms with Crippen molar-refractivity contribution in [1.82, 2.24) is 10.2 Å². The summed E-state index contributed by atoms with van der Waals surface area (Å²) in [7, 11) is 0. The van der Waals surface area contributed by atoms with Crippen molar-refractivity contribution in [3.8, 4) is 0 Å². The SMILES string of the molecule is CCCCCNC(=O)[C@@H]1[C@H]2C=C[C@@H](C)[C@@H](C(=O)OCC)[C@@H]2C(=O)N1[C@@H](CO)[C@@H](C)CC. The molecule has 1 heterocycles. The minimum absolute atomic E-state index is 0.0203. The number of fused-ring (bicyclic) bond motifs is 1. The number of carbonyl (C=O) groups is 3. The number of esters is 1. The van der Waals surface area contributed by atoms with Crippen LogP contribution in [0.25, 0.3) is 0 Å². The Bertz CT molecular complexity index is 664. The summed E-state index contributed by atoms with van der Waals surface area (Å²) >= 11 is 0. The maximum atomic E-state index is 13.7. The zero-order chi connectivity index (χ0) is 23.1. The highest BCUT2D eigenvalue weighted by Gasteiger charge is 2.58. The van der Waals surface area contributed by atoms with E-state index in [2.05, 4.69) is 12.2 Å². The molecule has 2 amide bonds. The van der Waals surface area contributed by atoms with Crippen LogP contribution in [-0.2, 0) is 19.1 Å². The average molecular weight is 437 g/mol. The molecule has 2 aliphatic rings. The van der Waals surface area contributed by atoms with E-state index in [4.69, 9.17) is 4.74 Å². The lowest BCUT2D eigenvalue weighted by atomic mass is 9.70. The van der Waals surface area contributed by atoms with Crippen molar-refractivity contribution in [3.05, 3.63) is 12.2 Å². The molecule has 0 aromatic rings. The maximum Gasteiger partial charge on any atom is 0.310 e. The van der Waals surface area contributed by atoms with Gasteiger partial charge in [-0.2, -0.15) is 0 Å². The molecule has 0 bridgehead atoms. The van der Waals surface area contributed by atoms with Crippen LogP contribution in [0.2, 0.25) is 0 Å². The summed E-state index contributed by atoms with van der Waals surface area (Å²) in [6, 6.07) is -1.20. The van der Waals surface area contributed by atoms with Gasteiger partial charge in [-0.15, -0.1) is 0 Å². The predicted molar refractivity (Wildman–Crippen MR) is 119 cm³/mol. The number of likely N-dealkylation sites (tertiary alicyclic amines) is 1. The zero-order valence-electron chi connectivity index (χ0n) is 19.7. The summed E-state index contributed by atoms with van der Waals surface area (Å²) in [4.78, 5) is 41.4. The first-order chi connectivity index (χ1) is 14.8. The number of hydrogen-bond acceptors (Lipinski definition) is 5. The number of amides is 2. The van der Waals surface area contributed by atoms with Gasteiger partial charge in [-0.1, -0.05) is 59.1 Å². The van der Waals surface area contributed by atoms with Gasteiger partial charge in [-0.05, 0) is 25.2 Å². The highest BCUT2D eigenvalue weighted by atomic mass is 16.5. The first kappa shape index (κ1) is 25.4. The molecule has 2 N–H and O–H groups in total. The molecule has 31 heavy (non-hydrogen) atoms. The first-order valence-corrected chi connectivity index (χ1v) is 11.9. The van der Waals surface area contributed by atoms with Gasteiger partial charge in [0.2, 0.25) is 11.8 Å². The van der Waals surface area contributed by atoms with Crippen LogP contribution in [0, 0.1) is 29.6 Å². The Hall–Kier alpha value is -1.89. The Morgan fingerprint density at radius 3 is 2.52 bits per heavy atom. The molecule has 0 radical (unpaired) electrons. The zero-order valence-corrected chi connectivity index (χ0v) is 19.7. The molecule has 0 spiro atoms. The predicted octanol–water partition coefficient (Wildman–Crippen LogP) is 2.53. The molecular formula is C24H40N2O5. The van der Waals surface area contributed by atoms with E-state index in [-0.39, 0.29) is 36.9 Å². The van der Waals surface area contributed by atoms with Crippen LogP contribution in [-0.4, -0.2) is 59.6 Å². The number of nitrogens with one attached hydrogen (secondary N) is 1. The number of carbonyl (C=O) groups excluding carboxylic acids is 3. The van der Waals surface area contributed by atoms with Crippen molar-refractivity contribution >= 4 is 17.8 Å². The number of allylic oxidation sites excluding steroid dienone is 1. The number of hydrogen-bond donors (Lipinski definition) is 2. The van der Waals surface area contributed by atoms with Crippen LogP contribution in [0.1, 0.15) is 60.3 Å². The third kappa shape index (κ3) is 5.30. The summed E-state index contributed by atoms with van der Waals surface area (Å²) in [5, 5.41) is 13.2. The summed E-state index contributed by atoms with van der Waals surface area (Å²) in [5.41, 5.74) is 0. The van der Waals surface area contributed by atoms with Crippen molar-refractivity contribution in [1.29, 1.82) is 0 Å². The second-order valence-electron chi connectivity index (χ2n) is 8.95. The van der Waals surface area contributed by atoms with E-state index in [0.717, 1.165) is 25.7 Å². The van der Waals surface area contributed by atoms with Crippen molar-refractivity contribution in [2.24, 2.45) is 29.6 Å². The third-order valence-corrected chi connectivity index (χ3v) is 6.96. The molecule has 2 rings (SSSR count). The Balaban J connectivity index is 2.42. The van der Waals surface area contributed by atoms with Crippen LogP contribution in [0.5, 0.6) is 0 Å². The molecule has 0 aromatic carbocycles. The van der Waals surface area contributed by atoms with E-state index in [9.17, 15) is 19.5 Å². The molecule has 7 heteroatoms. The van der Waals surface area contributed by atoms with Gasteiger partial charge in [-0.25, -0.2) is 0 Å². The fourth-order valence-electron chi connectivity index (χ4n) is 5.00. The van der Waals surface area contributed by atoms with E-state index in [1.165, 1.54) is 0 Å². The van der Waals surface area contributed by atoms with Gasteiger partial charge in [0.25, 0.3) is 0 Å². The highest BCUT2D eigenvalue weighted by Crippen LogP contribution is 2.45. The van der Waals surface area contributed by atoms with Crippen LogP contribution in [0.4, 0.5) is 0 Å². The Labute approximate surface area is 186 Å². The topological polar surface area (TPSA) is 95.9 Å². The Kier molecular flexibility index (Phi) is 9.54. The minimum atomic E-state index is -0.731. The number of ether oxygens (including phenoxy) is 1. The van der Waals surface area contributed by atoms with Gasteiger partial charge in [0.15, 0.2) is 0 Å². The van der Waals surface area contributed by atoms with E-state index in [1.54, 1.807) is 11.8 Å². The third-order valence-electron chi connectivity index (χ3n) is 6.96. The van der Waals surface area contributed by atoms with Crippen LogP contribution < -0.4 is 5.32 Å². The second kappa shape index (κ2) is 11.7. The molecule has 1 fully saturated rings. The molecule has 7 atom stereocenters. The van der Waals surface area contributed by atoms with Gasteiger partial charge < -0.3 is 20.1 Å². The molecule has 176 valence electrons. The van der Waals surface area contributed by atoms with E-state index in [1.807, 2.05) is 32.9 Å². The van der Waals surface area contributed by atoms with Gasteiger partial charge in [0.05, 0.1) is 31.1 Å². The molecule has 1 aliphatic carbocycles. The number of rotatable bonds is 11. The van der Waals surface area contributed by atoms with Crippen LogP contribution >= 0.6 is 0 Å². The summed E-state index contributed by atoms with van der Waals surface area (Å²) < 4.78 is 5.29. The smallest absolute Gasteiger partial charge is 0.310 e. The Morgan fingerprint density at radius 1 is 1.23 bits per heavy atom. The summed E-state index contributed by atoms with van der Waals surface area (Å²) in [6.07, 6.45) is 7.57. The molecule has 0 aromatic heterocycles. The lowest BCUT2D eigenvalue weighted by Crippen LogP contribution is -2.54. The summed E-state index contributed by atoms with van der Waals surface area (Å²) in [5.74, 6) is -2.66. The second-order valence-corrected chi connectivity index (χ2v) is 8.95. The van der Waals surface area contributed by atoms with E-state index < -0.39 is 35.8 Å². The summed E-state index contributed by atoms with van der Waals surface area (Å²) in [6.45, 7) is 10.3. The highest BCUT2D eigenvalue weighted by molar-refractivity contribution is 5.96. The molecule has 1 aliphatic heterocycles. The van der Waals surface area contributed by atoms with Gasteiger partial charge in [0, 0.05) is 12.5 Å². The number of aliphatic hydroxyl groups excluding tert-OH is 1. The number of aliphatic hydroxyl groups is 1. The molecule has 1 saturated heterocycles. The standard InChI is InChI=1S/C24H40N2O5/c1-6-9-10-13-25-22(28)21-17-12-11-16(5)19(24(30)31-8-3)20(17)23(29)26(21)18(14-27)15(4)7-2/h11-12,15-21,27H,6-10,13-14H2,1-5H3,(H,25,28)/t15-,16+,17-,18-,19+,20+,21-/m0/s1. The van der Waals surface area contributed by atoms with Crippen molar-refractivity contribution < 1.29 is 24.2 Å². The minimum Gasteiger partial charge on any atom is -0.466 e. The molecular weight excluding hydrogens is 396 g/mol. The lowest BCUT2D eigenvalue weighted by Gasteiger charge is -2.36. The fraction of sp³-hybridized carbons (Fsp3) is 0.792. The lowest BCUT2D eigenvalue weighted by molar-refractivity contribution is -0.156. The normalized spacial score (nSPS) is 29.4. The molecule has 0 saturated carbocycles. The van der Waals surface area contributed by atoms with Gasteiger partial charge >= 0.3 is 5.97 Å². The van der Waals surface area contributed by atoms with Crippen molar-refractivity contribution in [2.45, 2.75) is 72.4 Å². The van der Waals surface area contributed by atoms with Crippen molar-refractivity contribution in [2.75, 3.05) is 19.8 Å². The molecule has 7 nitrogen and oxygen atoms in total. The van der Waals surface area contributed by atoms with E-state index >= 15 is 0 Å². The first-order valence-electron chi connectivity index (χ1n) is 11.9. The average Bonchev–Trinajstić information content (AvgIpc) is 3.04. The van der Waals surface area contributed by atoms with Gasteiger partial charge in [-0.3, -0.25) is 14.4 Å². The largest absolute Gasteiger partial charge is 0.466 e. The Morgan fingerprint density at radius 2 is 1.94 bits per heavy atom. The quantitative estimate of drug-likeness (QED) is 0.295. The fourth-order valence-corrected chi connectivity index (χ4v) is 5.00. The van der Waals surface area contributed by atoms with Crippen LogP contribution in [0.3, 0.4) is 0 Å². The van der Waals surface area contributed by atoms with Gasteiger partial charge in [0.1, 0.15) is 6.04 Å². The monoisotopic (exact) mass is 436 g/mol. The van der Waals surface area contributed by atoms with Crippen LogP contribution in [0.15, 0.2) is 12.2 Å². The van der Waals surface area contributed by atoms with Crippen molar-refractivity contribution in [3.63, 3.8) is 0 Å². The number of nitrogens with zero attached hydrogens (tertiary/aromatic N) is 1. The maximum absolute atomic E-state index is 13.7.